The summed E-state index contributed by atoms with van der Waals surface area (Å²) in [4.78, 5) is 30.8. The van der Waals surface area contributed by atoms with Gasteiger partial charge < -0.3 is 15.2 Å². The number of aromatic nitrogens is 4. The van der Waals surface area contributed by atoms with Crippen LogP contribution >= 0.6 is 0 Å². The number of nitrogens with zero attached hydrogens (tertiary/aromatic N) is 4. The molecule has 1 aliphatic carbocycles. The number of carbonyl (C=O) groups excluding carboxylic acids is 2. The number of nitrogens with one attached hydrogen (secondary N) is 2. The predicted molar refractivity (Wildman–Crippen MR) is 128 cm³/mol. The van der Waals surface area contributed by atoms with Crippen molar-refractivity contribution in [2.24, 2.45) is 18.9 Å². The number of rotatable bonds is 7. The summed E-state index contributed by atoms with van der Waals surface area (Å²) >= 11 is 0. The lowest BCUT2D eigenvalue weighted by atomic mass is 9.79. The lowest BCUT2D eigenvalue weighted by Crippen LogP contribution is -2.49. The number of aryl methyl sites for hydroxylation is 3. The molecule has 3 heterocycles. The van der Waals surface area contributed by atoms with Crippen molar-refractivity contribution in [2.45, 2.75) is 58.9 Å². The Labute approximate surface area is 199 Å². The van der Waals surface area contributed by atoms with Crippen molar-refractivity contribution in [3.05, 3.63) is 47.6 Å². The van der Waals surface area contributed by atoms with E-state index in [1.807, 2.05) is 33.2 Å². The maximum atomic E-state index is 13.4. The van der Waals surface area contributed by atoms with Crippen molar-refractivity contribution < 1.29 is 14.1 Å². The first-order chi connectivity index (χ1) is 16.4. The maximum absolute atomic E-state index is 13.4. The van der Waals surface area contributed by atoms with Crippen LogP contribution in [0.15, 0.2) is 35.3 Å². The van der Waals surface area contributed by atoms with Gasteiger partial charge in [0.2, 0.25) is 5.91 Å². The Balaban J connectivity index is 1.51. The monoisotopic (exact) mass is 464 g/mol. The van der Waals surface area contributed by atoms with Gasteiger partial charge in [-0.1, -0.05) is 31.8 Å². The molecule has 9 heteroatoms. The quantitative estimate of drug-likeness (QED) is 0.548. The van der Waals surface area contributed by atoms with E-state index in [-0.39, 0.29) is 17.7 Å². The molecule has 180 valence electrons. The number of hydrogen-bond acceptors (Lipinski definition) is 6. The Kier molecular flexibility index (Phi) is 7.09. The van der Waals surface area contributed by atoms with E-state index in [1.54, 1.807) is 16.9 Å². The Bertz CT molecular complexity index is 1120. The highest BCUT2D eigenvalue weighted by Gasteiger charge is 2.33. The first kappa shape index (κ1) is 23.7. The van der Waals surface area contributed by atoms with E-state index in [9.17, 15) is 9.59 Å². The van der Waals surface area contributed by atoms with E-state index in [4.69, 9.17) is 4.52 Å². The van der Waals surface area contributed by atoms with Crippen molar-refractivity contribution in [3.8, 4) is 11.3 Å². The third kappa shape index (κ3) is 5.03. The molecule has 34 heavy (non-hydrogen) atoms. The molecule has 9 nitrogen and oxygen atoms in total. The highest BCUT2D eigenvalue weighted by molar-refractivity contribution is 6.01. The summed E-state index contributed by atoms with van der Waals surface area (Å²) in [5.74, 6) is 0.522. The molecule has 0 unspecified atom stereocenters. The van der Waals surface area contributed by atoms with E-state index in [0.717, 1.165) is 42.5 Å². The van der Waals surface area contributed by atoms with Crippen molar-refractivity contribution in [3.63, 3.8) is 0 Å². The van der Waals surface area contributed by atoms with Gasteiger partial charge in [-0.15, -0.1) is 0 Å². The second-order valence-corrected chi connectivity index (χ2v) is 9.22. The minimum Gasteiger partial charge on any atom is -0.364 e. The Morgan fingerprint density at radius 3 is 2.59 bits per heavy atom. The van der Waals surface area contributed by atoms with Gasteiger partial charge in [-0.2, -0.15) is 5.10 Å². The molecule has 1 aliphatic rings. The SMILES string of the molecule is CCc1nocc1C(=O)N[C@H](C(=O)Nc1ccc(-c2c(C)cnn2C)cn1)C1CCC(C)CC1. The molecule has 0 bridgehead atoms. The molecular weight excluding hydrogens is 432 g/mol. The van der Waals surface area contributed by atoms with Crippen LogP contribution in [0.5, 0.6) is 0 Å². The summed E-state index contributed by atoms with van der Waals surface area (Å²) in [6.07, 6.45) is 9.29. The van der Waals surface area contributed by atoms with Crippen molar-refractivity contribution in [1.82, 2.24) is 25.2 Å². The van der Waals surface area contributed by atoms with Gasteiger partial charge in [-0.25, -0.2) is 4.98 Å². The zero-order chi connectivity index (χ0) is 24.2. The smallest absolute Gasteiger partial charge is 0.257 e. The average molecular weight is 465 g/mol. The normalized spacial score (nSPS) is 18.9. The van der Waals surface area contributed by atoms with Crippen LogP contribution in [0.25, 0.3) is 11.3 Å². The lowest BCUT2D eigenvalue weighted by molar-refractivity contribution is -0.119. The maximum Gasteiger partial charge on any atom is 0.257 e. The number of carbonyl (C=O) groups is 2. The van der Waals surface area contributed by atoms with Crippen molar-refractivity contribution in [1.29, 1.82) is 0 Å². The number of hydrogen-bond donors (Lipinski definition) is 2. The van der Waals surface area contributed by atoms with Gasteiger partial charge >= 0.3 is 0 Å². The van der Waals surface area contributed by atoms with Crippen LogP contribution in [0.2, 0.25) is 0 Å². The molecule has 0 aromatic carbocycles. The largest absolute Gasteiger partial charge is 0.364 e. The predicted octanol–water partition coefficient (Wildman–Crippen LogP) is 3.90. The summed E-state index contributed by atoms with van der Waals surface area (Å²) in [5.41, 5.74) is 3.90. The fourth-order valence-corrected chi connectivity index (χ4v) is 4.71. The summed E-state index contributed by atoms with van der Waals surface area (Å²) in [6, 6.07) is 3.02. The van der Waals surface area contributed by atoms with Gasteiger partial charge in [0.1, 0.15) is 23.7 Å². The first-order valence-corrected chi connectivity index (χ1v) is 11.9. The van der Waals surface area contributed by atoms with Gasteiger partial charge in [0.05, 0.1) is 17.6 Å². The molecule has 1 fully saturated rings. The summed E-state index contributed by atoms with van der Waals surface area (Å²) in [7, 11) is 1.88. The van der Waals surface area contributed by atoms with E-state index < -0.39 is 6.04 Å². The summed E-state index contributed by atoms with van der Waals surface area (Å²) in [5, 5.41) is 14.0. The number of anilines is 1. The van der Waals surface area contributed by atoms with Crippen LogP contribution < -0.4 is 10.6 Å². The number of pyridine rings is 1. The fourth-order valence-electron chi connectivity index (χ4n) is 4.71. The fraction of sp³-hybridized carbons (Fsp3) is 0.480. The van der Waals surface area contributed by atoms with Crippen molar-refractivity contribution >= 4 is 17.6 Å². The van der Waals surface area contributed by atoms with E-state index in [1.165, 1.54) is 6.26 Å². The molecule has 4 rings (SSSR count). The van der Waals surface area contributed by atoms with Gasteiger partial charge in [0.15, 0.2) is 0 Å². The second kappa shape index (κ2) is 10.2. The van der Waals surface area contributed by atoms with Gasteiger partial charge in [0.25, 0.3) is 5.91 Å². The second-order valence-electron chi connectivity index (χ2n) is 9.22. The molecule has 0 saturated heterocycles. The van der Waals surface area contributed by atoms with Gasteiger partial charge in [-0.3, -0.25) is 14.3 Å². The average Bonchev–Trinajstić information content (AvgIpc) is 3.45. The van der Waals surface area contributed by atoms with Gasteiger partial charge in [0, 0.05) is 18.8 Å². The summed E-state index contributed by atoms with van der Waals surface area (Å²) < 4.78 is 6.79. The topological polar surface area (TPSA) is 115 Å². The van der Waals surface area contributed by atoms with Crippen LogP contribution in [0.3, 0.4) is 0 Å². The molecule has 0 spiro atoms. The summed E-state index contributed by atoms with van der Waals surface area (Å²) in [6.45, 7) is 6.13. The Morgan fingerprint density at radius 2 is 1.97 bits per heavy atom. The van der Waals surface area contributed by atoms with Crippen LogP contribution in [-0.2, 0) is 18.3 Å². The molecule has 0 radical (unpaired) electrons. The molecular formula is C25H32N6O3. The highest BCUT2D eigenvalue weighted by Crippen LogP contribution is 2.31. The van der Waals surface area contributed by atoms with Gasteiger partial charge in [-0.05, 0) is 55.7 Å². The van der Waals surface area contributed by atoms with Crippen LogP contribution in [-0.4, -0.2) is 37.8 Å². The Hall–Kier alpha value is -3.49. The Morgan fingerprint density at radius 1 is 1.21 bits per heavy atom. The molecule has 1 saturated carbocycles. The molecule has 0 aliphatic heterocycles. The molecule has 3 aromatic heterocycles. The zero-order valence-electron chi connectivity index (χ0n) is 20.2. The minimum atomic E-state index is -0.666. The molecule has 2 amide bonds. The third-order valence-electron chi connectivity index (χ3n) is 6.73. The van der Waals surface area contributed by atoms with E-state index in [0.29, 0.717) is 29.4 Å². The van der Waals surface area contributed by atoms with Crippen LogP contribution in [0.1, 0.15) is 61.1 Å². The zero-order valence-corrected chi connectivity index (χ0v) is 20.2. The highest BCUT2D eigenvalue weighted by atomic mass is 16.5. The van der Waals surface area contributed by atoms with E-state index in [2.05, 4.69) is 32.8 Å². The molecule has 1 atom stereocenters. The van der Waals surface area contributed by atoms with Crippen LogP contribution in [0.4, 0.5) is 5.82 Å². The molecule has 2 N–H and O–H groups in total. The first-order valence-electron chi connectivity index (χ1n) is 11.9. The lowest BCUT2D eigenvalue weighted by Gasteiger charge is -2.32. The van der Waals surface area contributed by atoms with E-state index >= 15 is 0 Å². The standard InChI is InChI=1S/C25H32N6O3/c1-5-20-19(14-34-30-20)24(32)29-22(17-8-6-15(2)7-9-17)25(33)28-21-11-10-18(13-26-21)23-16(3)12-27-31(23)4/h10-15,17,22H,5-9H2,1-4H3,(H,29,32)(H,26,28,33)/t15?,17?,22-/m0/s1. The minimum absolute atomic E-state index is 0.0569. The number of amides is 2. The molecule has 3 aromatic rings. The van der Waals surface area contributed by atoms with Crippen LogP contribution in [0, 0.1) is 18.8 Å². The van der Waals surface area contributed by atoms with Crippen molar-refractivity contribution in [2.75, 3.05) is 5.32 Å². The third-order valence-corrected chi connectivity index (χ3v) is 6.73.